The number of methoxy groups -OCH3 is 1. The minimum Gasteiger partial charge on any atom is -0.504 e. The molecule has 31 heavy (non-hydrogen) atoms. The molecule has 1 aromatic heterocycles. The monoisotopic (exact) mass is 485 g/mol. The van der Waals surface area contributed by atoms with Crippen molar-refractivity contribution in [2.75, 3.05) is 13.7 Å². The summed E-state index contributed by atoms with van der Waals surface area (Å²) in [6.45, 7) is 2.22. The Hall–Kier alpha value is -3.26. The van der Waals surface area contributed by atoms with Crippen LogP contribution in [0.2, 0.25) is 0 Å². The molecule has 0 spiro atoms. The lowest BCUT2D eigenvalue weighted by atomic mass is 9.94. The summed E-state index contributed by atoms with van der Waals surface area (Å²) in [7, 11) is 1.43. The van der Waals surface area contributed by atoms with Gasteiger partial charge in [-0.2, -0.15) is 0 Å². The molecule has 0 saturated carbocycles. The van der Waals surface area contributed by atoms with Gasteiger partial charge in [0.1, 0.15) is 5.58 Å². The summed E-state index contributed by atoms with van der Waals surface area (Å²) in [5, 5.41) is 21.6. The maximum absolute atomic E-state index is 13.4. The number of aliphatic hydroxyl groups is 1. The van der Waals surface area contributed by atoms with E-state index in [-0.39, 0.29) is 22.8 Å². The van der Waals surface area contributed by atoms with Gasteiger partial charge in [0, 0.05) is 16.4 Å². The van der Waals surface area contributed by atoms with Gasteiger partial charge in [-0.25, -0.2) is 0 Å². The fourth-order valence-corrected chi connectivity index (χ4v) is 4.22. The summed E-state index contributed by atoms with van der Waals surface area (Å²) in [6.07, 6.45) is 0.623. The van der Waals surface area contributed by atoms with Gasteiger partial charge in [-0.05, 0) is 48.4 Å². The number of aromatic hydroxyl groups is 1. The Morgan fingerprint density at radius 3 is 2.65 bits per heavy atom. The second-order valence-electron chi connectivity index (χ2n) is 7.22. The van der Waals surface area contributed by atoms with Gasteiger partial charge in [-0.1, -0.05) is 28.9 Å². The first-order valence-electron chi connectivity index (χ1n) is 9.70. The maximum Gasteiger partial charge on any atom is 0.290 e. The summed E-state index contributed by atoms with van der Waals surface area (Å²) >= 11 is 3.38. The van der Waals surface area contributed by atoms with E-state index in [2.05, 4.69) is 15.9 Å². The molecule has 1 aliphatic heterocycles. The van der Waals surface area contributed by atoms with Gasteiger partial charge in [-0.3, -0.25) is 9.59 Å². The number of carbonyl (C=O) groups excluding carboxylic acids is 2. The first-order chi connectivity index (χ1) is 14.8. The summed E-state index contributed by atoms with van der Waals surface area (Å²) in [4.78, 5) is 27.6. The number of phenols is 1. The smallest absolute Gasteiger partial charge is 0.290 e. The molecule has 0 radical (unpaired) electrons. The van der Waals surface area contributed by atoms with Gasteiger partial charge in [0.25, 0.3) is 5.91 Å². The van der Waals surface area contributed by atoms with Crippen LogP contribution in [0, 0.1) is 0 Å². The van der Waals surface area contributed by atoms with Crippen molar-refractivity contribution in [3.63, 3.8) is 0 Å². The molecule has 0 aliphatic carbocycles. The van der Waals surface area contributed by atoms with E-state index in [4.69, 9.17) is 9.15 Å². The molecule has 1 amide bonds. The van der Waals surface area contributed by atoms with Crippen LogP contribution in [0.1, 0.15) is 35.5 Å². The highest BCUT2D eigenvalue weighted by Gasteiger charge is 2.44. The van der Waals surface area contributed by atoms with Crippen molar-refractivity contribution in [2.45, 2.75) is 19.4 Å². The van der Waals surface area contributed by atoms with E-state index in [9.17, 15) is 19.8 Å². The number of aliphatic hydroxyl groups excluding tert-OH is 1. The summed E-state index contributed by atoms with van der Waals surface area (Å²) in [5.41, 5.74) is 0.910. The highest BCUT2D eigenvalue weighted by Crippen LogP contribution is 2.42. The molecule has 8 heteroatoms. The molecule has 1 atom stereocenters. The van der Waals surface area contributed by atoms with Crippen molar-refractivity contribution in [1.29, 1.82) is 0 Å². The highest BCUT2D eigenvalue weighted by molar-refractivity contribution is 9.10. The molecule has 0 saturated heterocycles. The topological polar surface area (TPSA) is 100 Å². The minimum absolute atomic E-state index is 0.0172. The van der Waals surface area contributed by atoms with Gasteiger partial charge < -0.3 is 24.3 Å². The fourth-order valence-electron chi connectivity index (χ4n) is 3.84. The van der Waals surface area contributed by atoms with Crippen LogP contribution in [0.4, 0.5) is 0 Å². The largest absolute Gasteiger partial charge is 0.504 e. The number of phenolic OH excluding ortho intramolecular Hbond substituents is 1. The van der Waals surface area contributed by atoms with Crippen LogP contribution in [0.15, 0.2) is 62.7 Å². The van der Waals surface area contributed by atoms with Gasteiger partial charge in [0.05, 0.1) is 18.7 Å². The van der Waals surface area contributed by atoms with Crippen LogP contribution in [-0.2, 0) is 4.79 Å². The quantitative estimate of drug-likeness (QED) is 0.481. The molecule has 2 aromatic carbocycles. The number of hydrogen-bond donors (Lipinski definition) is 2. The van der Waals surface area contributed by atoms with E-state index in [0.29, 0.717) is 29.5 Å². The lowest BCUT2D eigenvalue weighted by molar-refractivity contribution is -0.129. The number of fused-ring (bicyclic) bond motifs is 1. The second kappa shape index (κ2) is 8.11. The van der Waals surface area contributed by atoms with Crippen molar-refractivity contribution >= 4 is 38.6 Å². The zero-order valence-corrected chi connectivity index (χ0v) is 18.5. The number of nitrogens with zero attached hydrogens (tertiary/aromatic N) is 1. The number of Topliss-reactive ketones (excluding diaryl/α,β-unsaturated/α-hetero) is 1. The van der Waals surface area contributed by atoms with E-state index in [1.54, 1.807) is 30.3 Å². The van der Waals surface area contributed by atoms with Gasteiger partial charge in [0.2, 0.25) is 5.78 Å². The van der Waals surface area contributed by atoms with E-state index >= 15 is 0 Å². The molecular weight excluding hydrogens is 466 g/mol. The molecule has 1 unspecified atom stereocenters. The SMILES string of the molecule is CCCN1C(=O)C(O)=C(C(=O)c2cc3cc(Br)ccc3o2)C1c1ccc(OC)c(O)c1. The first-order valence-corrected chi connectivity index (χ1v) is 10.5. The van der Waals surface area contributed by atoms with Crippen molar-refractivity contribution < 1.29 is 29.0 Å². The number of ether oxygens (including phenoxy) is 1. The Bertz CT molecular complexity index is 1230. The molecule has 4 rings (SSSR count). The third-order valence-corrected chi connectivity index (χ3v) is 5.73. The Kier molecular flexibility index (Phi) is 5.49. The zero-order chi connectivity index (χ0) is 22.3. The van der Waals surface area contributed by atoms with Crippen LogP contribution in [0.25, 0.3) is 11.0 Å². The van der Waals surface area contributed by atoms with Gasteiger partial charge >= 0.3 is 0 Å². The molecule has 3 aromatic rings. The predicted octanol–water partition coefficient (Wildman–Crippen LogP) is 4.90. The van der Waals surface area contributed by atoms with Gasteiger partial charge in [0.15, 0.2) is 23.0 Å². The number of hydrogen-bond acceptors (Lipinski definition) is 6. The molecule has 0 bridgehead atoms. The number of rotatable bonds is 6. The Labute approximate surface area is 186 Å². The van der Waals surface area contributed by atoms with Crippen molar-refractivity contribution in [1.82, 2.24) is 4.90 Å². The second-order valence-corrected chi connectivity index (χ2v) is 8.13. The van der Waals surface area contributed by atoms with E-state index in [1.807, 2.05) is 13.0 Å². The normalized spacial score (nSPS) is 16.4. The molecule has 2 N–H and O–H groups in total. The van der Waals surface area contributed by atoms with E-state index in [0.717, 1.165) is 4.47 Å². The summed E-state index contributed by atoms with van der Waals surface area (Å²) in [6, 6.07) is 10.7. The molecule has 2 heterocycles. The molecule has 0 fully saturated rings. The Morgan fingerprint density at radius 2 is 1.97 bits per heavy atom. The van der Waals surface area contributed by atoms with Crippen molar-refractivity contribution in [2.24, 2.45) is 0 Å². The van der Waals surface area contributed by atoms with Crippen LogP contribution >= 0.6 is 15.9 Å². The average Bonchev–Trinajstić information content (AvgIpc) is 3.27. The molecule has 1 aliphatic rings. The van der Waals surface area contributed by atoms with Gasteiger partial charge in [-0.15, -0.1) is 0 Å². The van der Waals surface area contributed by atoms with Crippen molar-refractivity contribution in [3.05, 3.63) is 69.6 Å². The van der Waals surface area contributed by atoms with E-state index < -0.39 is 23.5 Å². The van der Waals surface area contributed by atoms with Crippen LogP contribution in [0.5, 0.6) is 11.5 Å². The average molecular weight is 486 g/mol. The Morgan fingerprint density at radius 1 is 1.19 bits per heavy atom. The van der Waals surface area contributed by atoms with Crippen LogP contribution in [-0.4, -0.2) is 40.5 Å². The number of ketones is 1. The maximum atomic E-state index is 13.4. The lowest BCUT2D eigenvalue weighted by Crippen LogP contribution is -2.31. The number of benzene rings is 2. The first kappa shape index (κ1) is 21.0. The molecule has 7 nitrogen and oxygen atoms in total. The van der Waals surface area contributed by atoms with Crippen molar-refractivity contribution in [3.8, 4) is 11.5 Å². The number of carbonyl (C=O) groups is 2. The lowest BCUT2D eigenvalue weighted by Gasteiger charge is -2.26. The number of amides is 1. The van der Waals surface area contributed by atoms with Crippen LogP contribution in [0.3, 0.4) is 0 Å². The third kappa shape index (κ3) is 3.57. The minimum atomic E-state index is -0.864. The summed E-state index contributed by atoms with van der Waals surface area (Å²) in [5.74, 6) is -1.68. The Balaban J connectivity index is 1.82. The number of halogens is 1. The molecular formula is C23H20BrNO6. The number of furan rings is 1. The zero-order valence-electron chi connectivity index (χ0n) is 16.9. The van der Waals surface area contributed by atoms with Crippen LogP contribution < -0.4 is 4.74 Å². The standard InChI is InChI=1S/C23H20BrNO6/c1-3-8-25-20(12-4-6-17(30-2)15(26)10-12)19(22(28)23(25)29)21(27)18-11-13-9-14(24)5-7-16(13)31-18/h4-7,9-11,20,26,28H,3,8H2,1-2H3. The highest BCUT2D eigenvalue weighted by atomic mass is 79.9. The van der Waals surface area contributed by atoms with E-state index in [1.165, 1.54) is 18.1 Å². The molecule has 160 valence electrons. The predicted molar refractivity (Wildman–Crippen MR) is 117 cm³/mol. The summed E-state index contributed by atoms with van der Waals surface area (Å²) < 4.78 is 11.6. The fraction of sp³-hybridized carbons (Fsp3) is 0.217. The third-order valence-electron chi connectivity index (χ3n) is 5.23.